The van der Waals surface area contributed by atoms with E-state index in [1.54, 1.807) is 39.3 Å². The summed E-state index contributed by atoms with van der Waals surface area (Å²) in [4.78, 5) is 51.0. The number of Topliss-reactive ketones (excluding diaryl/α,β-unsaturated/α-hetero) is 1. The van der Waals surface area contributed by atoms with Crippen LogP contribution >= 0.6 is 0 Å². The lowest BCUT2D eigenvalue weighted by Crippen LogP contribution is -2.39. The number of fused-ring (bicyclic) bond motifs is 8. The number of carbonyl (C=O) groups is 3. The molecule has 2 amide bonds. The van der Waals surface area contributed by atoms with Crippen molar-refractivity contribution in [1.82, 2.24) is 0 Å². The number of ketones is 1. The molecule has 0 aromatic heterocycles. The Kier molecular flexibility index (Phi) is 13.7. The molecule has 0 aliphatic carbocycles. The fourth-order valence-corrected chi connectivity index (χ4v) is 9.44. The maximum Gasteiger partial charge on any atom is 0.261 e. The number of hydrogen-bond acceptors (Lipinski definition) is 12. The number of aliphatic imine (C=N–C) groups is 1. The van der Waals surface area contributed by atoms with Crippen LogP contribution < -0.4 is 39.0 Å². The van der Waals surface area contributed by atoms with E-state index < -0.39 is 0 Å². The predicted molar refractivity (Wildman–Crippen MR) is 259 cm³/mol. The molecule has 1 N–H and O–H groups in total. The van der Waals surface area contributed by atoms with E-state index in [-0.39, 0.29) is 42.9 Å². The van der Waals surface area contributed by atoms with Gasteiger partial charge in [-0.3, -0.25) is 19.5 Å². The average molecular weight is 908 g/mol. The molecule has 0 fully saturated rings. The van der Waals surface area contributed by atoms with E-state index in [1.165, 1.54) is 0 Å². The molecule has 0 radical (unpaired) electrons. The highest BCUT2D eigenvalue weighted by molar-refractivity contribution is 6.15. The summed E-state index contributed by atoms with van der Waals surface area (Å²) in [5.74, 6) is 1.69. The highest BCUT2D eigenvalue weighted by Gasteiger charge is 2.39. The van der Waals surface area contributed by atoms with Crippen LogP contribution in [-0.2, 0) is 40.3 Å². The molecule has 4 heterocycles. The van der Waals surface area contributed by atoms with Crippen LogP contribution in [0.15, 0.2) is 96.0 Å². The van der Waals surface area contributed by atoms with Gasteiger partial charge in [0.05, 0.1) is 68.6 Å². The van der Waals surface area contributed by atoms with Gasteiger partial charge < -0.3 is 48.3 Å². The molecular formula is C53H57N5O9. The van der Waals surface area contributed by atoms with Gasteiger partial charge in [0.15, 0.2) is 23.0 Å². The maximum atomic E-state index is 14.1. The number of hydrogen-bond donors (Lipinski definition) is 1. The summed E-state index contributed by atoms with van der Waals surface area (Å²) in [6, 6.07) is 29.1. The largest absolute Gasteiger partial charge is 0.493 e. The summed E-state index contributed by atoms with van der Waals surface area (Å²) in [7, 11) is 3.13. The minimum Gasteiger partial charge on any atom is -0.493 e. The zero-order valence-electron chi connectivity index (χ0n) is 38.5. The van der Waals surface area contributed by atoms with Gasteiger partial charge in [0.2, 0.25) is 0 Å². The Morgan fingerprint density at radius 2 is 1.37 bits per heavy atom. The van der Waals surface area contributed by atoms with Crippen molar-refractivity contribution < 1.29 is 42.8 Å². The van der Waals surface area contributed by atoms with Gasteiger partial charge in [-0.1, -0.05) is 36.4 Å². The third-order valence-corrected chi connectivity index (χ3v) is 12.7. The highest BCUT2D eigenvalue weighted by atomic mass is 16.5. The number of amides is 2. The van der Waals surface area contributed by atoms with Crippen LogP contribution in [0.5, 0.6) is 23.0 Å². The molecule has 4 aliphatic heterocycles. The Morgan fingerprint density at radius 1 is 0.731 bits per heavy atom. The number of anilines is 4. The molecule has 0 unspecified atom stereocenters. The molecule has 5 aromatic carbocycles. The van der Waals surface area contributed by atoms with Gasteiger partial charge >= 0.3 is 0 Å². The van der Waals surface area contributed by atoms with Crippen molar-refractivity contribution in [3.05, 3.63) is 124 Å². The van der Waals surface area contributed by atoms with E-state index in [1.807, 2.05) is 77.5 Å². The summed E-state index contributed by atoms with van der Waals surface area (Å²) in [5, 5.41) is 3.52. The number of ether oxygens (including phenoxy) is 6. The van der Waals surface area contributed by atoms with Gasteiger partial charge in [-0.25, -0.2) is 0 Å². The number of methoxy groups -OCH3 is 2. The van der Waals surface area contributed by atoms with Crippen LogP contribution in [0.3, 0.4) is 0 Å². The number of carbonyl (C=O) groups excluding carboxylic acids is 3. The summed E-state index contributed by atoms with van der Waals surface area (Å²) in [6.07, 6.45) is 4.43. The first-order chi connectivity index (χ1) is 32.7. The van der Waals surface area contributed by atoms with Crippen molar-refractivity contribution in [2.45, 2.75) is 64.8 Å². The smallest absolute Gasteiger partial charge is 0.261 e. The lowest BCUT2D eigenvalue weighted by atomic mass is 10.1. The molecule has 4 aliphatic rings. The molecule has 0 saturated carbocycles. The van der Waals surface area contributed by atoms with Crippen LogP contribution in [-0.4, -0.2) is 96.2 Å². The van der Waals surface area contributed by atoms with Gasteiger partial charge in [0, 0.05) is 74.5 Å². The standard InChI is InChI=1S/C53H57N5O9/c1-5-64-19-20-65-18-17-56(16-10-11-34(2)59)39-22-35(32-66-50-28-44-42(26-48(50)62-3)52(60)57-40(30-54-44)24-37-12-6-8-14-46(37)57)21-36(23-39)33-67-51-29-45-43(27-49(51)63-4)53(61)58-41(31-55-45)25-38-13-7-9-15-47(38)58/h6-9,12-15,21-23,26-30,40-41,55H,5,10-11,16-20,24-25,31-33H2,1-4H3/t40-,41-/m0/s1. The SMILES string of the molecule is CCOCCOCCN(CCCC(C)=O)c1cc(COc2cc3c(cc2OC)C(=O)N2c4ccccc4C[C@H]2C=N3)cc(COc2cc3c(cc2OC)C(=O)N2c4ccccc4C[C@H]2CN3)c1. The minimum atomic E-state index is -0.190. The van der Waals surface area contributed by atoms with Crippen molar-refractivity contribution in [2.24, 2.45) is 4.99 Å². The molecule has 348 valence electrons. The first-order valence-electron chi connectivity index (χ1n) is 23.1. The third-order valence-electron chi connectivity index (χ3n) is 12.7. The Bertz CT molecular complexity index is 2690. The normalized spacial score (nSPS) is 16.4. The van der Waals surface area contributed by atoms with Gasteiger partial charge in [-0.05, 0) is 91.4 Å². The second-order valence-corrected chi connectivity index (χ2v) is 17.2. The van der Waals surface area contributed by atoms with Crippen LogP contribution in [0, 0.1) is 0 Å². The number of para-hydroxylation sites is 2. The Morgan fingerprint density at radius 3 is 2.07 bits per heavy atom. The monoisotopic (exact) mass is 907 g/mol. The van der Waals surface area contributed by atoms with Crippen molar-refractivity contribution in [3.63, 3.8) is 0 Å². The molecule has 2 atom stereocenters. The number of benzene rings is 5. The predicted octanol–water partition coefficient (Wildman–Crippen LogP) is 8.37. The lowest BCUT2D eigenvalue weighted by Gasteiger charge is -2.26. The van der Waals surface area contributed by atoms with Gasteiger partial charge in [-0.2, -0.15) is 0 Å². The first-order valence-corrected chi connectivity index (χ1v) is 23.1. The molecule has 0 saturated heterocycles. The van der Waals surface area contributed by atoms with E-state index in [2.05, 4.69) is 28.4 Å². The van der Waals surface area contributed by atoms with Crippen LogP contribution in [0.1, 0.15) is 69.7 Å². The summed E-state index contributed by atoms with van der Waals surface area (Å²) in [6.45, 7) is 7.72. The van der Waals surface area contributed by atoms with Gasteiger partial charge in [0.25, 0.3) is 11.8 Å². The van der Waals surface area contributed by atoms with E-state index in [9.17, 15) is 14.4 Å². The quantitative estimate of drug-likeness (QED) is 0.0754. The number of nitrogens with one attached hydrogen (secondary N) is 1. The van der Waals surface area contributed by atoms with E-state index in [0.29, 0.717) is 111 Å². The van der Waals surface area contributed by atoms with Crippen LogP contribution in [0.25, 0.3) is 0 Å². The molecular weight excluding hydrogens is 851 g/mol. The van der Waals surface area contributed by atoms with Crippen molar-refractivity contribution in [3.8, 4) is 23.0 Å². The summed E-state index contributed by atoms with van der Waals surface area (Å²) in [5.41, 5.74) is 8.85. The molecule has 14 heteroatoms. The zero-order chi connectivity index (χ0) is 46.4. The molecule has 14 nitrogen and oxygen atoms in total. The summed E-state index contributed by atoms with van der Waals surface area (Å²) < 4.78 is 36.3. The zero-order valence-corrected chi connectivity index (χ0v) is 38.5. The molecule has 0 spiro atoms. The van der Waals surface area contributed by atoms with Crippen molar-refractivity contribution >= 4 is 52.2 Å². The maximum absolute atomic E-state index is 14.1. The molecule has 0 bridgehead atoms. The van der Waals surface area contributed by atoms with E-state index >= 15 is 0 Å². The van der Waals surface area contributed by atoms with Gasteiger partial charge in [-0.15, -0.1) is 0 Å². The van der Waals surface area contributed by atoms with Crippen molar-refractivity contribution in [1.29, 1.82) is 0 Å². The fourth-order valence-electron chi connectivity index (χ4n) is 9.44. The first kappa shape index (κ1) is 45.3. The molecule has 5 aromatic rings. The van der Waals surface area contributed by atoms with Crippen molar-refractivity contribution in [2.75, 3.05) is 80.3 Å². The van der Waals surface area contributed by atoms with Crippen LogP contribution in [0.2, 0.25) is 0 Å². The summed E-state index contributed by atoms with van der Waals surface area (Å²) >= 11 is 0. The number of nitrogens with zero attached hydrogens (tertiary/aromatic N) is 4. The highest BCUT2D eigenvalue weighted by Crippen LogP contribution is 2.43. The molecule has 67 heavy (non-hydrogen) atoms. The average Bonchev–Trinajstić information content (AvgIpc) is 3.83. The second-order valence-electron chi connectivity index (χ2n) is 17.2. The second kappa shape index (κ2) is 20.3. The molecule has 9 rings (SSSR count). The Balaban J connectivity index is 0.994. The van der Waals surface area contributed by atoms with E-state index in [0.717, 1.165) is 45.7 Å². The van der Waals surface area contributed by atoms with E-state index in [4.69, 9.17) is 33.4 Å². The topological polar surface area (TPSA) is 141 Å². The van der Waals surface area contributed by atoms with Crippen LogP contribution in [0.4, 0.5) is 28.4 Å². The lowest BCUT2D eigenvalue weighted by molar-refractivity contribution is -0.117. The Labute approximate surface area is 391 Å². The van der Waals surface area contributed by atoms with Gasteiger partial charge in [0.1, 0.15) is 19.0 Å². The minimum absolute atomic E-state index is 0.0126. The fraction of sp³-hybridized carbons (Fsp3) is 0.358. The third kappa shape index (κ3) is 9.68. The number of rotatable bonds is 20. The Hall–Kier alpha value is -6.90.